The molecule has 0 saturated heterocycles. The number of alkyl halides is 2. The molecule has 2 aromatic rings. The second-order valence-corrected chi connectivity index (χ2v) is 7.73. The molecule has 1 unspecified atom stereocenters. The van der Waals surface area contributed by atoms with Gasteiger partial charge in [0.05, 0.1) is 0 Å². The third-order valence-corrected chi connectivity index (χ3v) is 5.25. The highest BCUT2D eigenvalue weighted by molar-refractivity contribution is 7.80. The Hall–Kier alpha value is -1.82. The van der Waals surface area contributed by atoms with Crippen molar-refractivity contribution in [3.8, 4) is 5.75 Å². The zero-order chi connectivity index (χ0) is 19.3. The SMILES string of the molecule is CC(c1ccccc1)C(Cl)(Cl)C(=O)Nc1cccc(OC(=S)N(C)C)c1. The van der Waals surface area contributed by atoms with E-state index in [9.17, 15) is 4.79 Å². The van der Waals surface area contributed by atoms with Crippen molar-refractivity contribution < 1.29 is 9.53 Å². The highest BCUT2D eigenvalue weighted by atomic mass is 35.5. The molecule has 2 aromatic carbocycles. The van der Waals surface area contributed by atoms with Crippen molar-refractivity contribution in [2.45, 2.75) is 17.2 Å². The molecule has 0 bridgehead atoms. The monoisotopic (exact) mass is 410 g/mol. The predicted octanol–water partition coefficient (Wildman–Crippen LogP) is 4.83. The van der Waals surface area contributed by atoms with Crippen molar-refractivity contribution in [1.29, 1.82) is 0 Å². The van der Waals surface area contributed by atoms with E-state index in [1.165, 1.54) is 0 Å². The molecule has 0 heterocycles. The average molecular weight is 411 g/mol. The van der Waals surface area contributed by atoms with E-state index in [2.05, 4.69) is 5.32 Å². The molecule has 1 amide bonds. The number of halogens is 2. The molecular weight excluding hydrogens is 391 g/mol. The minimum absolute atomic E-state index is 0.315. The van der Waals surface area contributed by atoms with Crippen molar-refractivity contribution in [1.82, 2.24) is 4.90 Å². The number of hydrogen-bond acceptors (Lipinski definition) is 3. The molecule has 2 rings (SSSR count). The van der Waals surface area contributed by atoms with Gasteiger partial charge in [0.15, 0.2) is 0 Å². The normalized spacial score (nSPS) is 12.2. The molecular formula is C19H20Cl2N2O2S. The average Bonchev–Trinajstić information content (AvgIpc) is 2.61. The molecule has 1 N–H and O–H groups in total. The summed E-state index contributed by atoms with van der Waals surface area (Å²) >= 11 is 17.9. The van der Waals surface area contributed by atoms with Crippen LogP contribution in [-0.4, -0.2) is 34.4 Å². The van der Waals surface area contributed by atoms with Crippen LogP contribution < -0.4 is 10.1 Å². The molecule has 1 atom stereocenters. The molecule has 0 spiro atoms. The lowest BCUT2D eigenvalue weighted by Crippen LogP contribution is -2.37. The number of carbonyl (C=O) groups is 1. The maximum atomic E-state index is 12.6. The largest absolute Gasteiger partial charge is 0.432 e. The van der Waals surface area contributed by atoms with Gasteiger partial charge in [-0.15, -0.1) is 0 Å². The molecule has 26 heavy (non-hydrogen) atoms. The molecule has 0 radical (unpaired) electrons. The molecule has 0 aliphatic carbocycles. The fourth-order valence-electron chi connectivity index (χ4n) is 2.19. The number of rotatable bonds is 5. The van der Waals surface area contributed by atoms with Gasteiger partial charge in [0, 0.05) is 31.8 Å². The first kappa shape index (κ1) is 20.5. The van der Waals surface area contributed by atoms with Crippen molar-refractivity contribution in [2.24, 2.45) is 0 Å². The number of benzene rings is 2. The first-order valence-corrected chi connectivity index (χ1v) is 9.11. The number of anilines is 1. The van der Waals surface area contributed by atoms with Gasteiger partial charge in [0.1, 0.15) is 5.75 Å². The van der Waals surface area contributed by atoms with Crippen LogP contribution in [0.15, 0.2) is 54.6 Å². The first-order valence-electron chi connectivity index (χ1n) is 7.95. The van der Waals surface area contributed by atoms with Crippen molar-refractivity contribution in [3.05, 3.63) is 60.2 Å². The Morgan fingerprint density at radius 2 is 1.81 bits per heavy atom. The minimum Gasteiger partial charge on any atom is -0.432 e. The van der Waals surface area contributed by atoms with Crippen LogP contribution in [0, 0.1) is 0 Å². The summed E-state index contributed by atoms with van der Waals surface area (Å²) in [6, 6.07) is 16.3. The topological polar surface area (TPSA) is 41.6 Å². The van der Waals surface area contributed by atoms with E-state index in [1.807, 2.05) is 37.3 Å². The first-order chi connectivity index (χ1) is 12.2. The molecule has 0 aliphatic heterocycles. The summed E-state index contributed by atoms with van der Waals surface area (Å²) in [5, 5.41) is 3.05. The summed E-state index contributed by atoms with van der Waals surface area (Å²) in [6.07, 6.45) is 0. The van der Waals surface area contributed by atoms with Gasteiger partial charge < -0.3 is 15.0 Å². The highest BCUT2D eigenvalue weighted by Crippen LogP contribution is 2.38. The van der Waals surface area contributed by atoms with Crippen molar-refractivity contribution in [2.75, 3.05) is 19.4 Å². The number of amides is 1. The molecule has 0 fully saturated rings. The van der Waals surface area contributed by atoms with E-state index >= 15 is 0 Å². The summed E-state index contributed by atoms with van der Waals surface area (Å²) in [4.78, 5) is 14.3. The van der Waals surface area contributed by atoms with Crippen LogP contribution in [0.1, 0.15) is 18.4 Å². The number of hydrogen-bond donors (Lipinski definition) is 1. The fraction of sp³-hybridized carbons (Fsp3) is 0.263. The smallest absolute Gasteiger partial charge is 0.264 e. The Kier molecular flexibility index (Phi) is 6.87. The van der Waals surface area contributed by atoms with Gasteiger partial charge in [0.2, 0.25) is 4.33 Å². The molecule has 0 saturated carbocycles. The lowest BCUT2D eigenvalue weighted by Gasteiger charge is -2.26. The van der Waals surface area contributed by atoms with Crippen LogP contribution in [0.25, 0.3) is 0 Å². The molecule has 0 aliphatic rings. The number of thiocarbonyl (C=S) groups is 1. The minimum atomic E-state index is -1.63. The second kappa shape index (κ2) is 8.71. The zero-order valence-corrected chi connectivity index (χ0v) is 17.0. The van der Waals surface area contributed by atoms with E-state index in [0.29, 0.717) is 16.6 Å². The Labute approximate surface area is 169 Å². The predicted molar refractivity (Wildman–Crippen MR) is 111 cm³/mol. The Morgan fingerprint density at radius 3 is 2.42 bits per heavy atom. The van der Waals surface area contributed by atoms with Gasteiger partial charge >= 0.3 is 0 Å². The lowest BCUT2D eigenvalue weighted by molar-refractivity contribution is -0.117. The van der Waals surface area contributed by atoms with Crippen LogP contribution >= 0.6 is 35.4 Å². The van der Waals surface area contributed by atoms with Crippen LogP contribution in [0.5, 0.6) is 5.75 Å². The standard InChI is InChI=1S/C19H20Cl2N2O2S/c1-13(14-8-5-4-6-9-14)19(20,21)17(24)22-15-10-7-11-16(12-15)25-18(26)23(2)3/h4-13H,1-3H3,(H,22,24). The quantitative estimate of drug-likeness (QED) is 0.566. The van der Waals surface area contributed by atoms with Gasteiger partial charge in [-0.2, -0.15) is 0 Å². The molecule has 138 valence electrons. The van der Waals surface area contributed by atoms with E-state index in [4.69, 9.17) is 40.2 Å². The second-order valence-electron chi connectivity index (χ2n) is 6.00. The summed E-state index contributed by atoms with van der Waals surface area (Å²) in [6.45, 7) is 1.81. The molecule has 4 nitrogen and oxygen atoms in total. The summed E-state index contributed by atoms with van der Waals surface area (Å²) in [5.74, 6) is -0.398. The van der Waals surface area contributed by atoms with E-state index in [0.717, 1.165) is 5.56 Å². The number of nitrogens with zero attached hydrogens (tertiary/aromatic N) is 1. The van der Waals surface area contributed by atoms with E-state index < -0.39 is 16.2 Å². The van der Waals surface area contributed by atoms with Gasteiger partial charge in [-0.25, -0.2) is 0 Å². The number of carbonyl (C=O) groups excluding carboxylic acids is 1. The Balaban J connectivity index is 2.12. The molecule has 7 heteroatoms. The van der Waals surface area contributed by atoms with Crippen LogP contribution in [0.3, 0.4) is 0 Å². The summed E-state index contributed by atoms with van der Waals surface area (Å²) < 4.78 is 3.91. The van der Waals surface area contributed by atoms with Crippen molar-refractivity contribution >= 4 is 52.2 Å². The van der Waals surface area contributed by atoms with Crippen LogP contribution in [0.4, 0.5) is 5.69 Å². The Morgan fingerprint density at radius 1 is 1.15 bits per heavy atom. The highest BCUT2D eigenvalue weighted by Gasteiger charge is 2.40. The third kappa shape index (κ3) is 5.10. The maximum Gasteiger partial charge on any atom is 0.264 e. The van der Waals surface area contributed by atoms with Gasteiger partial charge in [-0.1, -0.05) is 66.5 Å². The third-order valence-electron chi connectivity index (χ3n) is 3.81. The van der Waals surface area contributed by atoms with E-state index in [1.54, 1.807) is 43.3 Å². The Bertz CT molecular complexity index is 782. The van der Waals surface area contributed by atoms with Gasteiger partial charge in [-0.3, -0.25) is 4.79 Å². The van der Waals surface area contributed by atoms with E-state index in [-0.39, 0.29) is 0 Å². The van der Waals surface area contributed by atoms with Crippen molar-refractivity contribution in [3.63, 3.8) is 0 Å². The number of nitrogens with one attached hydrogen (secondary N) is 1. The zero-order valence-electron chi connectivity index (χ0n) is 14.7. The maximum absolute atomic E-state index is 12.6. The fourth-order valence-corrected chi connectivity index (χ4v) is 2.63. The van der Waals surface area contributed by atoms with Crippen LogP contribution in [-0.2, 0) is 4.79 Å². The number of ether oxygens (including phenoxy) is 1. The van der Waals surface area contributed by atoms with Crippen LogP contribution in [0.2, 0.25) is 0 Å². The lowest BCUT2D eigenvalue weighted by atomic mass is 9.96. The summed E-state index contributed by atoms with van der Waals surface area (Å²) in [7, 11) is 3.57. The van der Waals surface area contributed by atoms with Gasteiger partial charge in [0.25, 0.3) is 11.1 Å². The summed E-state index contributed by atoms with van der Waals surface area (Å²) in [5.41, 5.74) is 1.39. The molecule has 0 aromatic heterocycles. The van der Waals surface area contributed by atoms with Gasteiger partial charge in [-0.05, 0) is 29.9 Å².